The fraction of sp³-hybridized carbons (Fsp3) is 0.789. The van der Waals surface area contributed by atoms with Gasteiger partial charge < -0.3 is 15.3 Å². The summed E-state index contributed by atoms with van der Waals surface area (Å²) in [7, 11) is 0. The minimum absolute atomic E-state index is 0.127. The molecule has 4 rings (SSSR count). The molecule has 0 saturated heterocycles. The van der Waals surface area contributed by atoms with Crippen LogP contribution in [0.4, 0.5) is 0 Å². The lowest BCUT2D eigenvalue weighted by Gasteiger charge is -2.52. The highest BCUT2D eigenvalue weighted by Crippen LogP contribution is 2.62. The molecule has 0 radical (unpaired) electrons. The maximum atomic E-state index is 10.8. The number of hydrogen-bond donors (Lipinski definition) is 3. The zero-order chi connectivity index (χ0) is 15.6. The molecule has 0 spiro atoms. The van der Waals surface area contributed by atoms with Gasteiger partial charge >= 0.3 is 0 Å². The molecule has 0 bridgehead atoms. The normalized spacial score (nSPS) is 48.1. The second-order valence-corrected chi connectivity index (χ2v) is 8.38. The molecule has 4 aliphatic carbocycles. The van der Waals surface area contributed by atoms with Crippen molar-refractivity contribution in [2.75, 3.05) is 0 Å². The first kappa shape index (κ1) is 14.8. The highest BCUT2D eigenvalue weighted by Gasteiger charge is 2.56. The topological polar surface area (TPSA) is 60.7 Å². The predicted octanol–water partition coefficient (Wildman–Crippen LogP) is 3.48. The molecule has 3 N–H and O–H groups in total. The molecule has 3 unspecified atom stereocenters. The highest BCUT2D eigenvalue weighted by atomic mass is 16.3. The first-order valence-corrected chi connectivity index (χ1v) is 8.88. The number of aliphatic hydroxyl groups excluding tert-OH is 3. The Hall–Kier alpha value is -0.800. The lowest BCUT2D eigenvalue weighted by molar-refractivity contribution is -0.0453. The average molecular weight is 304 g/mol. The van der Waals surface area contributed by atoms with Gasteiger partial charge in [0, 0.05) is 5.41 Å². The molecule has 1 fully saturated rings. The zero-order valence-electron chi connectivity index (χ0n) is 13.7. The second-order valence-electron chi connectivity index (χ2n) is 8.38. The maximum Gasteiger partial charge on any atom is 0.0973 e. The van der Waals surface area contributed by atoms with Crippen LogP contribution in [-0.4, -0.2) is 27.5 Å². The largest absolute Gasteiger partial charge is 0.512 e. The van der Waals surface area contributed by atoms with E-state index in [4.69, 9.17) is 0 Å². The summed E-state index contributed by atoms with van der Waals surface area (Å²) >= 11 is 0. The number of hydrogen-bond acceptors (Lipinski definition) is 3. The summed E-state index contributed by atoms with van der Waals surface area (Å²) in [6.45, 7) is 4.24. The van der Waals surface area contributed by atoms with Crippen molar-refractivity contribution < 1.29 is 15.3 Å². The summed E-state index contributed by atoms with van der Waals surface area (Å²) in [6, 6.07) is 0. The fourth-order valence-corrected chi connectivity index (χ4v) is 6.12. The third-order valence-electron chi connectivity index (χ3n) is 7.22. The van der Waals surface area contributed by atoms with Crippen molar-refractivity contribution in [1.29, 1.82) is 0 Å². The minimum Gasteiger partial charge on any atom is -0.512 e. The summed E-state index contributed by atoms with van der Waals surface area (Å²) in [5.41, 5.74) is 3.88. The maximum absolute atomic E-state index is 10.8. The second kappa shape index (κ2) is 4.85. The van der Waals surface area contributed by atoms with E-state index in [2.05, 4.69) is 6.92 Å². The van der Waals surface area contributed by atoms with Gasteiger partial charge in [0.15, 0.2) is 0 Å². The van der Waals surface area contributed by atoms with Gasteiger partial charge in [-0.3, -0.25) is 0 Å². The molecule has 22 heavy (non-hydrogen) atoms. The Bertz CT molecular complexity index is 561. The molecule has 0 aromatic rings. The SMILES string of the molecule is CC1=C(O)[C@@]2(C)CCC3C4=C(C[C@@H](O)CC4)C[C@H](O)C3C2C1. The predicted molar refractivity (Wildman–Crippen MR) is 85.3 cm³/mol. The third kappa shape index (κ3) is 1.88. The Labute approximate surface area is 132 Å². The molecule has 0 heterocycles. The average Bonchev–Trinajstić information content (AvgIpc) is 2.70. The molecule has 0 amide bonds. The Morgan fingerprint density at radius 1 is 1.09 bits per heavy atom. The van der Waals surface area contributed by atoms with Crippen LogP contribution in [0.2, 0.25) is 0 Å². The number of rotatable bonds is 0. The van der Waals surface area contributed by atoms with Crippen molar-refractivity contribution in [3.8, 4) is 0 Å². The lowest BCUT2D eigenvalue weighted by atomic mass is 9.53. The van der Waals surface area contributed by atoms with E-state index in [1.807, 2.05) is 6.92 Å². The van der Waals surface area contributed by atoms with Gasteiger partial charge in [-0.05, 0) is 75.2 Å². The molecule has 3 heteroatoms. The summed E-state index contributed by atoms with van der Waals surface area (Å²) in [6.07, 6.45) is 5.89. The standard InChI is InChI=1S/C19H28O3/c1-10-7-15-17-14(5-6-19(15,2)18(10)22)13-4-3-12(20)8-11(13)9-16(17)21/h12,14-17,20-22H,3-9H2,1-2H3/t12-,14?,15?,16-,17?,19-/m0/s1. The summed E-state index contributed by atoms with van der Waals surface area (Å²) in [4.78, 5) is 0. The Morgan fingerprint density at radius 3 is 2.64 bits per heavy atom. The molecule has 4 aliphatic rings. The van der Waals surface area contributed by atoms with Crippen LogP contribution in [0.3, 0.4) is 0 Å². The zero-order valence-corrected chi connectivity index (χ0v) is 13.7. The van der Waals surface area contributed by atoms with Gasteiger partial charge in [-0.2, -0.15) is 0 Å². The van der Waals surface area contributed by atoms with Crippen molar-refractivity contribution in [3.63, 3.8) is 0 Å². The lowest BCUT2D eigenvalue weighted by Crippen LogP contribution is -2.48. The van der Waals surface area contributed by atoms with E-state index in [1.165, 1.54) is 5.57 Å². The number of aliphatic hydroxyl groups is 3. The van der Waals surface area contributed by atoms with Gasteiger partial charge in [0.2, 0.25) is 0 Å². The van der Waals surface area contributed by atoms with Crippen LogP contribution < -0.4 is 0 Å². The van der Waals surface area contributed by atoms with Crippen molar-refractivity contribution >= 4 is 0 Å². The Kier molecular flexibility index (Phi) is 3.25. The van der Waals surface area contributed by atoms with Crippen LogP contribution in [0.1, 0.15) is 58.8 Å². The van der Waals surface area contributed by atoms with E-state index in [1.54, 1.807) is 5.57 Å². The molecule has 6 atom stereocenters. The van der Waals surface area contributed by atoms with Crippen molar-refractivity contribution in [1.82, 2.24) is 0 Å². The Balaban J connectivity index is 1.70. The van der Waals surface area contributed by atoms with Crippen LogP contribution in [-0.2, 0) is 0 Å². The quantitative estimate of drug-likeness (QED) is 0.600. The monoisotopic (exact) mass is 304 g/mol. The van der Waals surface area contributed by atoms with Crippen molar-refractivity contribution in [3.05, 3.63) is 22.5 Å². The van der Waals surface area contributed by atoms with Gasteiger partial charge in [0.1, 0.15) is 0 Å². The van der Waals surface area contributed by atoms with Gasteiger partial charge in [-0.25, -0.2) is 0 Å². The summed E-state index contributed by atoms with van der Waals surface area (Å²) in [5.74, 6) is 1.74. The fourth-order valence-electron chi connectivity index (χ4n) is 6.12. The van der Waals surface area contributed by atoms with E-state index in [9.17, 15) is 15.3 Å². The first-order valence-electron chi connectivity index (χ1n) is 8.88. The van der Waals surface area contributed by atoms with Crippen LogP contribution in [0.15, 0.2) is 22.5 Å². The Morgan fingerprint density at radius 2 is 1.86 bits per heavy atom. The van der Waals surface area contributed by atoms with Crippen molar-refractivity contribution in [2.24, 2.45) is 23.2 Å². The third-order valence-corrected chi connectivity index (χ3v) is 7.22. The van der Waals surface area contributed by atoms with Gasteiger partial charge in [0.05, 0.1) is 18.0 Å². The van der Waals surface area contributed by atoms with Gasteiger partial charge in [-0.1, -0.05) is 18.1 Å². The summed E-state index contributed by atoms with van der Waals surface area (Å²) in [5, 5.41) is 31.3. The first-order chi connectivity index (χ1) is 10.4. The van der Waals surface area contributed by atoms with Crippen LogP contribution in [0, 0.1) is 23.2 Å². The molecule has 0 aliphatic heterocycles. The molecule has 0 aromatic carbocycles. The highest BCUT2D eigenvalue weighted by molar-refractivity contribution is 5.32. The smallest absolute Gasteiger partial charge is 0.0973 e. The van der Waals surface area contributed by atoms with E-state index in [0.717, 1.165) is 50.5 Å². The molecule has 3 nitrogen and oxygen atoms in total. The molecule has 1 saturated carbocycles. The molecule has 122 valence electrons. The van der Waals surface area contributed by atoms with E-state index >= 15 is 0 Å². The van der Waals surface area contributed by atoms with Crippen molar-refractivity contribution in [2.45, 2.75) is 71.0 Å². The number of allylic oxidation sites excluding steroid dienone is 3. The van der Waals surface area contributed by atoms with Gasteiger partial charge in [-0.15, -0.1) is 0 Å². The number of fused-ring (bicyclic) bond motifs is 4. The van der Waals surface area contributed by atoms with E-state index in [0.29, 0.717) is 17.6 Å². The summed E-state index contributed by atoms with van der Waals surface area (Å²) < 4.78 is 0. The molecule has 0 aromatic heterocycles. The van der Waals surface area contributed by atoms with E-state index in [-0.39, 0.29) is 23.5 Å². The van der Waals surface area contributed by atoms with Gasteiger partial charge in [0.25, 0.3) is 0 Å². The van der Waals surface area contributed by atoms with Crippen LogP contribution in [0.25, 0.3) is 0 Å². The van der Waals surface area contributed by atoms with E-state index < -0.39 is 0 Å². The minimum atomic E-state index is -0.308. The molecular formula is C19H28O3. The molecular weight excluding hydrogens is 276 g/mol. The van der Waals surface area contributed by atoms with Crippen LogP contribution >= 0.6 is 0 Å². The van der Waals surface area contributed by atoms with Crippen LogP contribution in [0.5, 0.6) is 0 Å².